The number of nitrogens with two attached hydrogens (primary N) is 1. The molecule has 0 amide bonds. The second kappa shape index (κ2) is 6.05. The van der Waals surface area contributed by atoms with E-state index in [1.165, 1.54) is 12.7 Å². The highest BCUT2D eigenvalue weighted by Gasteiger charge is 2.15. The van der Waals surface area contributed by atoms with E-state index in [9.17, 15) is 4.79 Å². The lowest BCUT2D eigenvalue weighted by Gasteiger charge is -2.05. The number of hydrogen-bond acceptors (Lipinski definition) is 5. The van der Waals surface area contributed by atoms with Crippen molar-refractivity contribution in [3.8, 4) is 0 Å². The number of hydrogen-bond donors (Lipinski definition) is 1. The number of carbonyl (C=O) groups excluding carboxylic acids is 1. The zero-order valence-corrected chi connectivity index (χ0v) is 12.5. The summed E-state index contributed by atoms with van der Waals surface area (Å²) >= 11 is 1.63. The number of furan rings is 1. The molecule has 0 saturated carbocycles. The number of benzene rings is 1. The number of rotatable bonds is 4. The molecule has 0 radical (unpaired) electrons. The first-order valence-corrected chi connectivity index (χ1v) is 7.16. The molecule has 0 aliphatic rings. The molecule has 5 heteroatoms. The van der Waals surface area contributed by atoms with Gasteiger partial charge >= 0.3 is 5.97 Å². The highest BCUT2D eigenvalue weighted by molar-refractivity contribution is 7.98. The van der Waals surface area contributed by atoms with Crippen LogP contribution in [0, 0.1) is 13.8 Å². The molecule has 0 atom stereocenters. The molecule has 1 heterocycles. The fraction of sp³-hybridized carbons (Fsp3) is 0.267. The third-order valence-electron chi connectivity index (χ3n) is 2.96. The zero-order chi connectivity index (χ0) is 14.7. The number of esters is 1. The van der Waals surface area contributed by atoms with Crippen LogP contribution >= 0.6 is 11.8 Å². The van der Waals surface area contributed by atoms with Crippen molar-refractivity contribution in [2.24, 2.45) is 0 Å². The Morgan fingerprint density at radius 1 is 1.35 bits per heavy atom. The van der Waals surface area contributed by atoms with Gasteiger partial charge in [0.25, 0.3) is 0 Å². The van der Waals surface area contributed by atoms with Gasteiger partial charge in [-0.15, -0.1) is 11.8 Å². The predicted molar refractivity (Wildman–Crippen MR) is 79.9 cm³/mol. The number of carbonyl (C=O) groups is 1. The Balaban J connectivity index is 2.11. The smallest absolute Gasteiger partial charge is 0.341 e. The molecule has 2 N–H and O–H groups in total. The molecule has 0 bridgehead atoms. The third-order valence-corrected chi connectivity index (χ3v) is 4.14. The van der Waals surface area contributed by atoms with Crippen LogP contribution in [0.5, 0.6) is 0 Å². The van der Waals surface area contributed by atoms with Crippen molar-refractivity contribution >= 4 is 23.4 Å². The van der Waals surface area contributed by atoms with Crippen LogP contribution in [0.25, 0.3) is 0 Å². The molecule has 0 aliphatic heterocycles. The maximum absolute atomic E-state index is 11.5. The molecule has 1 aromatic carbocycles. The summed E-state index contributed by atoms with van der Waals surface area (Å²) < 4.78 is 10.3. The fourth-order valence-electron chi connectivity index (χ4n) is 1.85. The summed E-state index contributed by atoms with van der Waals surface area (Å²) in [5, 5.41) is 0. The Kier molecular flexibility index (Phi) is 4.39. The lowest BCUT2D eigenvalue weighted by molar-refractivity contribution is 0.0599. The highest BCUT2D eigenvalue weighted by Crippen LogP contribution is 2.29. The van der Waals surface area contributed by atoms with Gasteiger partial charge in [0, 0.05) is 10.6 Å². The van der Waals surface area contributed by atoms with Gasteiger partial charge < -0.3 is 14.9 Å². The summed E-state index contributed by atoms with van der Waals surface area (Å²) in [5.41, 5.74) is 8.17. The largest absolute Gasteiger partial charge is 0.465 e. The molecular weight excluding hydrogens is 274 g/mol. The number of ether oxygens (including phenoxy) is 1. The van der Waals surface area contributed by atoms with Gasteiger partial charge in [-0.25, -0.2) is 4.79 Å². The van der Waals surface area contributed by atoms with E-state index in [1.807, 2.05) is 25.1 Å². The lowest BCUT2D eigenvalue weighted by Crippen LogP contribution is -2.00. The van der Waals surface area contributed by atoms with Crippen LogP contribution in [-0.2, 0) is 10.5 Å². The SMILES string of the molecule is COC(=O)c1cc(CSc2cc(N)ccc2C)oc1C. The monoisotopic (exact) mass is 291 g/mol. The van der Waals surface area contributed by atoms with Gasteiger partial charge in [0.15, 0.2) is 0 Å². The van der Waals surface area contributed by atoms with Gasteiger partial charge in [-0.3, -0.25) is 0 Å². The minimum absolute atomic E-state index is 0.373. The molecule has 0 aliphatic carbocycles. The van der Waals surface area contributed by atoms with Gasteiger partial charge in [-0.05, 0) is 37.6 Å². The maximum atomic E-state index is 11.5. The van der Waals surface area contributed by atoms with E-state index < -0.39 is 0 Å². The first-order valence-electron chi connectivity index (χ1n) is 6.18. The third kappa shape index (κ3) is 3.17. The van der Waals surface area contributed by atoms with Gasteiger partial charge in [0.1, 0.15) is 17.1 Å². The molecule has 4 nitrogen and oxygen atoms in total. The molecule has 2 rings (SSSR count). The molecule has 1 aromatic heterocycles. The summed E-state index contributed by atoms with van der Waals surface area (Å²) in [6.07, 6.45) is 0. The standard InChI is InChI=1S/C15H17NO3S/c1-9-4-5-11(16)6-14(9)20-8-12-7-13(10(2)19-12)15(17)18-3/h4-7H,8,16H2,1-3H3. The first kappa shape index (κ1) is 14.5. The van der Waals surface area contributed by atoms with Crippen molar-refractivity contribution in [3.05, 3.63) is 46.9 Å². The van der Waals surface area contributed by atoms with Crippen molar-refractivity contribution in [2.75, 3.05) is 12.8 Å². The van der Waals surface area contributed by atoms with Crippen molar-refractivity contribution in [1.82, 2.24) is 0 Å². The van der Waals surface area contributed by atoms with Crippen molar-refractivity contribution in [2.45, 2.75) is 24.5 Å². The molecule has 2 aromatic rings. The number of nitrogen functional groups attached to an aromatic ring is 1. The van der Waals surface area contributed by atoms with E-state index in [0.717, 1.165) is 16.3 Å². The molecule has 0 saturated heterocycles. The Hall–Kier alpha value is -1.88. The van der Waals surface area contributed by atoms with E-state index in [2.05, 4.69) is 0 Å². The summed E-state index contributed by atoms with van der Waals surface area (Å²) in [5.74, 6) is 1.59. The Morgan fingerprint density at radius 3 is 2.80 bits per heavy atom. The van der Waals surface area contributed by atoms with Crippen LogP contribution in [0.15, 0.2) is 33.6 Å². The number of thioether (sulfide) groups is 1. The van der Waals surface area contributed by atoms with Gasteiger partial charge in [0.2, 0.25) is 0 Å². The Morgan fingerprint density at radius 2 is 2.10 bits per heavy atom. The second-order valence-electron chi connectivity index (χ2n) is 4.49. The van der Waals surface area contributed by atoms with E-state index in [1.54, 1.807) is 24.8 Å². The van der Waals surface area contributed by atoms with Crippen LogP contribution in [0.2, 0.25) is 0 Å². The number of anilines is 1. The van der Waals surface area contributed by atoms with Crippen LogP contribution in [-0.4, -0.2) is 13.1 Å². The molecular formula is C15H17NO3S. The molecule has 0 spiro atoms. The Bertz CT molecular complexity index is 634. The van der Waals surface area contributed by atoms with E-state index in [-0.39, 0.29) is 5.97 Å². The second-order valence-corrected chi connectivity index (χ2v) is 5.50. The summed E-state index contributed by atoms with van der Waals surface area (Å²) in [7, 11) is 1.36. The number of methoxy groups -OCH3 is 1. The lowest BCUT2D eigenvalue weighted by atomic mass is 10.2. The zero-order valence-electron chi connectivity index (χ0n) is 11.7. The van der Waals surface area contributed by atoms with Crippen molar-refractivity contribution in [1.29, 1.82) is 0 Å². The van der Waals surface area contributed by atoms with Crippen LogP contribution in [0.1, 0.15) is 27.4 Å². The highest BCUT2D eigenvalue weighted by atomic mass is 32.2. The predicted octanol–water partition coefficient (Wildman–Crippen LogP) is 3.56. The van der Waals surface area contributed by atoms with E-state index >= 15 is 0 Å². The average Bonchev–Trinajstić information content (AvgIpc) is 2.80. The minimum atomic E-state index is -0.373. The van der Waals surface area contributed by atoms with Crippen molar-refractivity contribution < 1.29 is 13.9 Å². The van der Waals surface area contributed by atoms with Crippen LogP contribution < -0.4 is 5.73 Å². The molecule has 20 heavy (non-hydrogen) atoms. The fourth-order valence-corrected chi connectivity index (χ4v) is 2.80. The molecule has 0 fully saturated rings. The van der Waals surface area contributed by atoms with Crippen molar-refractivity contribution in [3.63, 3.8) is 0 Å². The van der Waals surface area contributed by atoms with E-state index in [0.29, 0.717) is 17.1 Å². The van der Waals surface area contributed by atoms with Gasteiger partial charge in [-0.2, -0.15) is 0 Å². The van der Waals surface area contributed by atoms with Gasteiger partial charge in [0.05, 0.1) is 12.9 Å². The Labute approximate surface area is 122 Å². The average molecular weight is 291 g/mol. The summed E-state index contributed by atoms with van der Waals surface area (Å²) in [6.45, 7) is 3.79. The number of aryl methyl sites for hydroxylation is 2. The quantitative estimate of drug-likeness (QED) is 0.530. The minimum Gasteiger partial charge on any atom is -0.465 e. The van der Waals surface area contributed by atoms with Gasteiger partial charge in [-0.1, -0.05) is 6.07 Å². The summed E-state index contributed by atoms with van der Waals surface area (Å²) in [4.78, 5) is 12.6. The van der Waals surface area contributed by atoms with Crippen LogP contribution in [0.4, 0.5) is 5.69 Å². The summed E-state index contributed by atoms with van der Waals surface area (Å²) in [6, 6.07) is 7.55. The first-order chi connectivity index (χ1) is 9.51. The maximum Gasteiger partial charge on any atom is 0.341 e. The molecule has 0 unspecified atom stereocenters. The topological polar surface area (TPSA) is 65.5 Å². The molecule has 106 valence electrons. The normalized spacial score (nSPS) is 10.6. The van der Waals surface area contributed by atoms with Crippen LogP contribution in [0.3, 0.4) is 0 Å². The van der Waals surface area contributed by atoms with E-state index in [4.69, 9.17) is 14.9 Å².